The molecule has 2 heterocycles. The van der Waals surface area contributed by atoms with E-state index in [4.69, 9.17) is 15.0 Å². The van der Waals surface area contributed by atoms with E-state index >= 15 is 0 Å². The van der Waals surface area contributed by atoms with Crippen LogP contribution in [0.2, 0.25) is 0 Å². The highest BCUT2D eigenvalue weighted by Crippen LogP contribution is 2.32. The zero-order chi connectivity index (χ0) is 24.6. The number of aromatic nitrogens is 4. The summed E-state index contributed by atoms with van der Waals surface area (Å²) < 4.78 is 2.30. The zero-order valence-corrected chi connectivity index (χ0v) is 21.9. The molecule has 0 bridgehead atoms. The maximum absolute atomic E-state index is 4.99. The van der Waals surface area contributed by atoms with E-state index in [2.05, 4.69) is 103 Å². The average molecular weight is 454 g/mol. The van der Waals surface area contributed by atoms with Crippen LogP contribution < -0.4 is 4.57 Å². The van der Waals surface area contributed by atoms with Gasteiger partial charge in [0.1, 0.15) is 18.7 Å². The SMILES string of the molecule is Cc1cc(C)c(C)c(-c2cc(-c3nc(CC(C)C)nc(CC(C)C)n3)c3ccccc3[n+]2C)c1. The maximum atomic E-state index is 4.99. The van der Waals surface area contributed by atoms with Crippen molar-refractivity contribution in [1.29, 1.82) is 0 Å². The zero-order valence-electron chi connectivity index (χ0n) is 21.9. The number of para-hydroxylation sites is 1. The predicted molar refractivity (Wildman–Crippen MR) is 141 cm³/mol. The van der Waals surface area contributed by atoms with E-state index in [0.717, 1.165) is 41.3 Å². The van der Waals surface area contributed by atoms with Crippen molar-refractivity contribution in [2.24, 2.45) is 18.9 Å². The number of fused-ring (bicyclic) bond motifs is 1. The van der Waals surface area contributed by atoms with Crippen molar-refractivity contribution in [1.82, 2.24) is 15.0 Å². The Morgan fingerprint density at radius 1 is 0.765 bits per heavy atom. The Bertz CT molecular complexity index is 1320. The van der Waals surface area contributed by atoms with Crippen molar-refractivity contribution < 1.29 is 4.57 Å². The molecule has 0 aliphatic carbocycles. The third-order valence-electron chi connectivity index (χ3n) is 6.44. The van der Waals surface area contributed by atoms with Gasteiger partial charge >= 0.3 is 0 Å². The molecule has 0 aliphatic rings. The third-order valence-corrected chi connectivity index (χ3v) is 6.44. The summed E-state index contributed by atoms with van der Waals surface area (Å²) in [6.45, 7) is 15.4. The highest BCUT2D eigenvalue weighted by Gasteiger charge is 2.23. The molecule has 0 saturated heterocycles. The van der Waals surface area contributed by atoms with Gasteiger partial charge in [-0.3, -0.25) is 0 Å². The van der Waals surface area contributed by atoms with E-state index in [1.807, 2.05) is 0 Å². The highest BCUT2D eigenvalue weighted by molar-refractivity contribution is 5.92. The summed E-state index contributed by atoms with van der Waals surface area (Å²) >= 11 is 0. The molecule has 4 rings (SSSR count). The smallest absolute Gasteiger partial charge is 0.213 e. The lowest BCUT2D eigenvalue weighted by atomic mass is 9.95. The quantitative estimate of drug-likeness (QED) is 0.313. The lowest BCUT2D eigenvalue weighted by molar-refractivity contribution is -0.633. The van der Waals surface area contributed by atoms with Gasteiger partial charge in [0, 0.05) is 36.1 Å². The molecule has 0 saturated carbocycles. The van der Waals surface area contributed by atoms with Gasteiger partial charge in [0.25, 0.3) is 0 Å². The van der Waals surface area contributed by atoms with Gasteiger partial charge in [-0.15, -0.1) is 0 Å². The number of rotatable bonds is 6. The molecule has 176 valence electrons. The Kier molecular flexibility index (Phi) is 6.79. The Hall–Kier alpha value is -3.14. The maximum Gasteiger partial charge on any atom is 0.213 e. The molecule has 4 nitrogen and oxygen atoms in total. The topological polar surface area (TPSA) is 42.6 Å². The standard InChI is InChI=1S/C30H37N4/c1-18(2)13-28-31-29(14-19(3)4)33-30(32-28)25-17-27(24-16-20(5)15-21(6)22(24)7)34(8)26-12-10-9-11-23(25)26/h9-12,15-19H,13-14H2,1-8H3/q+1. The lowest BCUT2D eigenvalue weighted by Gasteiger charge is -2.14. The van der Waals surface area contributed by atoms with Gasteiger partial charge in [-0.2, -0.15) is 4.57 Å². The van der Waals surface area contributed by atoms with Crippen LogP contribution in [0.4, 0.5) is 0 Å². The summed E-state index contributed by atoms with van der Waals surface area (Å²) in [6.07, 6.45) is 1.70. The van der Waals surface area contributed by atoms with Crippen LogP contribution in [0.25, 0.3) is 33.5 Å². The summed E-state index contributed by atoms with van der Waals surface area (Å²) in [5.41, 5.74) is 8.55. The van der Waals surface area contributed by atoms with Gasteiger partial charge in [0.2, 0.25) is 11.2 Å². The van der Waals surface area contributed by atoms with Crippen molar-refractivity contribution in [3.05, 3.63) is 70.8 Å². The number of nitrogens with zero attached hydrogens (tertiary/aromatic N) is 4. The number of hydrogen-bond acceptors (Lipinski definition) is 3. The minimum absolute atomic E-state index is 0.487. The number of hydrogen-bond donors (Lipinski definition) is 0. The average Bonchev–Trinajstić information content (AvgIpc) is 2.76. The van der Waals surface area contributed by atoms with Crippen LogP contribution in [-0.4, -0.2) is 15.0 Å². The monoisotopic (exact) mass is 453 g/mol. The van der Waals surface area contributed by atoms with E-state index in [-0.39, 0.29) is 0 Å². The lowest BCUT2D eigenvalue weighted by Crippen LogP contribution is -2.32. The molecule has 0 aliphatic heterocycles. The van der Waals surface area contributed by atoms with Crippen LogP contribution >= 0.6 is 0 Å². The molecule has 0 spiro atoms. The molecule has 0 N–H and O–H groups in total. The second kappa shape index (κ2) is 9.61. The molecule has 4 aromatic rings. The van der Waals surface area contributed by atoms with Crippen LogP contribution in [0.3, 0.4) is 0 Å². The van der Waals surface area contributed by atoms with Gasteiger partial charge in [-0.05, 0) is 55.9 Å². The molecule has 0 unspecified atom stereocenters. The van der Waals surface area contributed by atoms with Gasteiger partial charge in [-0.1, -0.05) is 51.5 Å². The largest absolute Gasteiger partial charge is 0.218 e. The van der Waals surface area contributed by atoms with Crippen LogP contribution in [0.15, 0.2) is 42.5 Å². The fourth-order valence-corrected chi connectivity index (χ4v) is 4.69. The van der Waals surface area contributed by atoms with Gasteiger partial charge in [0.05, 0.1) is 5.39 Å². The molecule has 34 heavy (non-hydrogen) atoms. The molecular weight excluding hydrogens is 416 g/mol. The highest BCUT2D eigenvalue weighted by atomic mass is 15.0. The molecule has 2 aromatic heterocycles. The van der Waals surface area contributed by atoms with E-state index in [9.17, 15) is 0 Å². The van der Waals surface area contributed by atoms with Crippen LogP contribution in [0, 0.1) is 32.6 Å². The van der Waals surface area contributed by atoms with Crippen LogP contribution in [0.1, 0.15) is 56.0 Å². The minimum atomic E-state index is 0.487. The Labute approximate surface area is 204 Å². The Balaban J connectivity index is 2.03. The van der Waals surface area contributed by atoms with E-state index < -0.39 is 0 Å². The van der Waals surface area contributed by atoms with E-state index in [0.29, 0.717) is 11.8 Å². The Morgan fingerprint density at radius 2 is 1.38 bits per heavy atom. The first kappa shape index (κ1) is 24.0. The van der Waals surface area contributed by atoms with E-state index in [1.54, 1.807) is 0 Å². The summed E-state index contributed by atoms with van der Waals surface area (Å²) in [5, 5.41) is 1.16. The molecule has 0 amide bonds. The second-order valence-corrected chi connectivity index (χ2v) is 10.5. The fraction of sp³-hybridized carbons (Fsp3) is 0.400. The molecule has 0 fully saturated rings. The Morgan fingerprint density at radius 3 is 2.00 bits per heavy atom. The minimum Gasteiger partial charge on any atom is -0.218 e. The van der Waals surface area contributed by atoms with Crippen molar-refractivity contribution >= 4 is 10.9 Å². The molecule has 0 atom stereocenters. The summed E-state index contributed by atoms with van der Waals surface area (Å²) in [7, 11) is 2.15. The molecular formula is C30H37N4+. The van der Waals surface area contributed by atoms with Crippen molar-refractivity contribution in [2.75, 3.05) is 0 Å². The van der Waals surface area contributed by atoms with Gasteiger partial charge < -0.3 is 0 Å². The first-order chi connectivity index (χ1) is 16.1. The number of pyridine rings is 1. The summed E-state index contributed by atoms with van der Waals surface area (Å²) in [5.74, 6) is 3.53. The molecule has 4 heteroatoms. The summed E-state index contributed by atoms with van der Waals surface area (Å²) in [6, 6.07) is 15.4. The summed E-state index contributed by atoms with van der Waals surface area (Å²) in [4.78, 5) is 14.8. The third kappa shape index (κ3) is 4.86. The van der Waals surface area contributed by atoms with Crippen molar-refractivity contribution in [3.63, 3.8) is 0 Å². The number of aryl methyl sites for hydroxylation is 3. The van der Waals surface area contributed by atoms with Crippen molar-refractivity contribution in [2.45, 2.75) is 61.3 Å². The van der Waals surface area contributed by atoms with Crippen molar-refractivity contribution in [3.8, 4) is 22.6 Å². The fourth-order valence-electron chi connectivity index (χ4n) is 4.69. The second-order valence-electron chi connectivity index (χ2n) is 10.5. The molecule has 0 radical (unpaired) electrons. The first-order valence-electron chi connectivity index (χ1n) is 12.4. The van der Waals surface area contributed by atoms with Gasteiger partial charge in [0.15, 0.2) is 5.82 Å². The van der Waals surface area contributed by atoms with Crippen LogP contribution in [0.5, 0.6) is 0 Å². The van der Waals surface area contributed by atoms with Crippen LogP contribution in [-0.2, 0) is 19.9 Å². The number of benzene rings is 2. The molecule has 2 aromatic carbocycles. The predicted octanol–water partition coefficient (Wildman–Crippen LogP) is 6.51. The van der Waals surface area contributed by atoms with E-state index in [1.165, 1.54) is 33.5 Å². The first-order valence-corrected chi connectivity index (χ1v) is 12.4. The normalized spacial score (nSPS) is 11.7. The van der Waals surface area contributed by atoms with Gasteiger partial charge in [-0.25, -0.2) is 15.0 Å².